The average molecular weight is 441 g/mol. The summed E-state index contributed by atoms with van der Waals surface area (Å²) in [5.41, 5.74) is 2.70. The highest BCUT2D eigenvalue weighted by molar-refractivity contribution is 6.30. The van der Waals surface area contributed by atoms with Gasteiger partial charge in [-0.05, 0) is 56.5 Å². The molecule has 2 aromatic carbocycles. The molecule has 0 aliphatic rings. The molecule has 0 radical (unpaired) electrons. The number of halogens is 1. The molecule has 3 rings (SSSR count). The predicted octanol–water partition coefficient (Wildman–Crippen LogP) is 5.58. The topological polar surface area (TPSA) is 60.3 Å². The van der Waals surface area contributed by atoms with Crippen molar-refractivity contribution in [2.75, 3.05) is 6.61 Å². The number of nitrogens with zero attached hydrogens (tertiary/aromatic N) is 1. The second kappa shape index (κ2) is 11.0. The number of esters is 1. The number of ether oxygens (including phenoxy) is 1. The molecule has 31 heavy (non-hydrogen) atoms. The number of hydrogen-bond donors (Lipinski definition) is 1. The highest BCUT2D eigenvalue weighted by Crippen LogP contribution is 2.22. The third-order valence-corrected chi connectivity index (χ3v) is 5.50. The largest absolute Gasteiger partial charge is 0.466 e. The third-order valence-electron chi connectivity index (χ3n) is 5.25. The molecule has 1 N–H and O–H groups in total. The van der Waals surface area contributed by atoms with Gasteiger partial charge >= 0.3 is 5.97 Å². The first-order chi connectivity index (χ1) is 15.0. The van der Waals surface area contributed by atoms with Crippen LogP contribution in [0.5, 0.6) is 0 Å². The first kappa shape index (κ1) is 22.9. The van der Waals surface area contributed by atoms with E-state index in [-0.39, 0.29) is 17.9 Å². The summed E-state index contributed by atoms with van der Waals surface area (Å²) in [6.45, 7) is 4.88. The van der Waals surface area contributed by atoms with Crippen molar-refractivity contribution in [2.45, 2.75) is 52.1 Å². The summed E-state index contributed by atoms with van der Waals surface area (Å²) in [5.74, 6) is -0.244. The van der Waals surface area contributed by atoms with E-state index in [2.05, 4.69) is 9.88 Å². The lowest BCUT2D eigenvalue weighted by Gasteiger charge is -2.15. The van der Waals surface area contributed by atoms with Gasteiger partial charge in [-0.15, -0.1) is 0 Å². The number of fused-ring (bicyclic) bond motifs is 1. The lowest BCUT2D eigenvalue weighted by molar-refractivity contribution is -0.143. The normalized spacial score (nSPS) is 12.0. The van der Waals surface area contributed by atoms with E-state index in [0.717, 1.165) is 35.7 Å². The highest BCUT2D eigenvalue weighted by Gasteiger charge is 2.16. The van der Waals surface area contributed by atoms with E-state index < -0.39 is 0 Å². The highest BCUT2D eigenvalue weighted by atomic mass is 35.5. The maximum absolute atomic E-state index is 13.0. The Hall–Kier alpha value is -2.79. The van der Waals surface area contributed by atoms with Crippen LogP contribution < -0.4 is 5.32 Å². The summed E-state index contributed by atoms with van der Waals surface area (Å²) in [4.78, 5) is 24.5. The van der Waals surface area contributed by atoms with Crippen LogP contribution in [-0.2, 0) is 16.1 Å². The number of nitrogens with one attached hydrogen (secondary N) is 1. The van der Waals surface area contributed by atoms with Crippen LogP contribution in [0.3, 0.4) is 0 Å². The molecule has 5 nitrogen and oxygen atoms in total. The van der Waals surface area contributed by atoms with Crippen LogP contribution in [-0.4, -0.2) is 29.1 Å². The molecule has 1 atom stereocenters. The van der Waals surface area contributed by atoms with E-state index >= 15 is 0 Å². The molecule has 0 saturated heterocycles. The average Bonchev–Trinajstić information content (AvgIpc) is 3.16. The fourth-order valence-corrected chi connectivity index (χ4v) is 3.82. The molecule has 6 heteroatoms. The Morgan fingerprint density at radius 3 is 2.61 bits per heavy atom. The standard InChI is InChI=1S/C25H29ClN2O3/c1-3-31-23(29)10-5-4-7-18(2)27-25(30)22-9-6-8-20-15-16-28(24(20)22)17-19-11-13-21(26)14-12-19/h6,8-9,11-16,18H,3-5,7,10,17H2,1-2H3,(H,27,30). The number of unbranched alkanes of at least 4 members (excludes halogenated alkanes) is 1. The first-order valence-corrected chi connectivity index (χ1v) is 11.1. The van der Waals surface area contributed by atoms with Crippen molar-refractivity contribution in [3.05, 3.63) is 70.9 Å². The fraction of sp³-hybridized carbons (Fsp3) is 0.360. The van der Waals surface area contributed by atoms with Gasteiger partial charge in [0, 0.05) is 35.6 Å². The van der Waals surface area contributed by atoms with Gasteiger partial charge in [0.25, 0.3) is 5.91 Å². The Kier molecular flexibility index (Phi) is 8.13. The number of hydrogen-bond acceptors (Lipinski definition) is 3. The summed E-state index contributed by atoms with van der Waals surface area (Å²) in [6, 6.07) is 15.6. The van der Waals surface area contributed by atoms with Crippen LogP contribution in [0.2, 0.25) is 5.02 Å². The van der Waals surface area contributed by atoms with Gasteiger partial charge in [0.15, 0.2) is 0 Å². The lowest BCUT2D eigenvalue weighted by Crippen LogP contribution is -2.32. The van der Waals surface area contributed by atoms with Crippen molar-refractivity contribution < 1.29 is 14.3 Å². The molecular formula is C25H29ClN2O3. The van der Waals surface area contributed by atoms with Gasteiger partial charge in [-0.3, -0.25) is 9.59 Å². The number of benzene rings is 2. The second-order valence-corrected chi connectivity index (χ2v) is 8.18. The Bertz CT molecular complexity index is 1030. The van der Waals surface area contributed by atoms with Crippen molar-refractivity contribution in [1.29, 1.82) is 0 Å². The van der Waals surface area contributed by atoms with E-state index in [9.17, 15) is 9.59 Å². The summed E-state index contributed by atoms with van der Waals surface area (Å²) in [7, 11) is 0. The molecule has 1 aromatic heterocycles. The Balaban J connectivity index is 1.64. The minimum absolute atomic E-state index is 0.0182. The zero-order chi connectivity index (χ0) is 22.2. The maximum Gasteiger partial charge on any atom is 0.305 e. The van der Waals surface area contributed by atoms with Crippen molar-refractivity contribution in [1.82, 2.24) is 9.88 Å². The van der Waals surface area contributed by atoms with Crippen LogP contribution >= 0.6 is 11.6 Å². The first-order valence-electron chi connectivity index (χ1n) is 10.8. The van der Waals surface area contributed by atoms with E-state index in [4.69, 9.17) is 16.3 Å². The van der Waals surface area contributed by atoms with Gasteiger partial charge in [-0.25, -0.2) is 0 Å². The molecule has 1 heterocycles. The van der Waals surface area contributed by atoms with Gasteiger partial charge < -0.3 is 14.6 Å². The summed E-state index contributed by atoms with van der Waals surface area (Å²) < 4.78 is 7.04. The molecule has 1 unspecified atom stereocenters. The van der Waals surface area contributed by atoms with Crippen LogP contribution in [0.15, 0.2) is 54.7 Å². The molecular weight excluding hydrogens is 412 g/mol. The summed E-state index contributed by atoms with van der Waals surface area (Å²) >= 11 is 6.00. The molecule has 0 saturated carbocycles. The van der Waals surface area contributed by atoms with Crippen molar-refractivity contribution in [3.63, 3.8) is 0 Å². The molecule has 0 bridgehead atoms. The Labute approximate surface area is 188 Å². The number of aromatic nitrogens is 1. The van der Waals surface area contributed by atoms with E-state index in [0.29, 0.717) is 30.2 Å². The van der Waals surface area contributed by atoms with Gasteiger partial charge in [0.05, 0.1) is 17.7 Å². The third kappa shape index (κ3) is 6.34. The van der Waals surface area contributed by atoms with Crippen molar-refractivity contribution >= 4 is 34.4 Å². The molecule has 0 aliphatic carbocycles. The minimum atomic E-state index is -0.160. The zero-order valence-electron chi connectivity index (χ0n) is 18.1. The molecule has 0 fully saturated rings. The zero-order valence-corrected chi connectivity index (χ0v) is 18.8. The second-order valence-electron chi connectivity index (χ2n) is 7.74. The summed E-state index contributed by atoms with van der Waals surface area (Å²) in [5, 5.41) is 4.84. The molecule has 1 amide bonds. The van der Waals surface area contributed by atoms with E-state index in [1.165, 1.54) is 0 Å². The lowest BCUT2D eigenvalue weighted by atomic mass is 10.1. The van der Waals surface area contributed by atoms with Crippen LogP contribution in [0.25, 0.3) is 10.9 Å². The maximum atomic E-state index is 13.0. The fourth-order valence-electron chi connectivity index (χ4n) is 3.69. The number of amides is 1. The van der Waals surface area contributed by atoms with Crippen molar-refractivity contribution in [2.24, 2.45) is 0 Å². The van der Waals surface area contributed by atoms with Gasteiger partial charge in [-0.1, -0.05) is 42.3 Å². The smallest absolute Gasteiger partial charge is 0.305 e. The predicted molar refractivity (Wildman–Crippen MR) is 125 cm³/mol. The molecule has 3 aromatic rings. The van der Waals surface area contributed by atoms with E-state index in [1.807, 2.05) is 68.6 Å². The number of carbonyl (C=O) groups is 2. The van der Waals surface area contributed by atoms with Crippen LogP contribution in [0.4, 0.5) is 0 Å². The number of para-hydroxylation sites is 1. The quantitative estimate of drug-likeness (QED) is 0.330. The SMILES string of the molecule is CCOC(=O)CCCCC(C)NC(=O)c1cccc2ccn(Cc3ccc(Cl)cc3)c12. The van der Waals surface area contributed by atoms with Gasteiger partial charge in [0.1, 0.15) is 0 Å². The van der Waals surface area contributed by atoms with Crippen LogP contribution in [0, 0.1) is 0 Å². The number of rotatable bonds is 10. The molecule has 0 spiro atoms. The molecule has 164 valence electrons. The Morgan fingerprint density at radius 1 is 1.10 bits per heavy atom. The van der Waals surface area contributed by atoms with E-state index in [1.54, 1.807) is 0 Å². The minimum Gasteiger partial charge on any atom is -0.466 e. The summed E-state index contributed by atoms with van der Waals surface area (Å²) in [6.07, 6.45) is 4.86. The van der Waals surface area contributed by atoms with Gasteiger partial charge in [0.2, 0.25) is 0 Å². The Morgan fingerprint density at radius 2 is 1.87 bits per heavy atom. The van der Waals surface area contributed by atoms with Gasteiger partial charge in [-0.2, -0.15) is 0 Å². The van der Waals surface area contributed by atoms with Crippen LogP contribution in [0.1, 0.15) is 55.5 Å². The van der Waals surface area contributed by atoms with Crippen molar-refractivity contribution in [3.8, 4) is 0 Å². The molecule has 0 aliphatic heterocycles. The monoisotopic (exact) mass is 440 g/mol. The number of carbonyl (C=O) groups excluding carboxylic acids is 2.